The van der Waals surface area contributed by atoms with Gasteiger partial charge in [0.1, 0.15) is 11.5 Å². The van der Waals surface area contributed by atoms with Gasteiger partial charge in [-0.1, -0.05) is 29.8 Å². The number of aromatic carboxylic acids is 1. The average Bonchev–Trinajstić information content (AvgIpc) is 3.47. The predicted molar refractivity (Wildman–Crippen MR) is 154 cm³/mol. The van der Waals surface area contributed by atoms with Crippen molar-refractivity contribution in [3.05, 3.63) is 112 Å². The maximum atomic E-state index is 12.4. The van der Waals surface area contributed by atoms with Gasteiger partial charge < -0.3 is 30.0 Å². The van der Waals surface area contributed by atoms with Gasteiger partial charge in [0, 0.05) is 29.4 Å². The third-order valence-corrected chi connectivity index (χ3v) is 6.90. The van der Waals surface area contributed by atoms with Gasteiger partial charge in [0.2, 0.25) is 0 Å². The summed E-state index contributed by atoms with van der Waals surface area (Å²) in [4.78, 5) is 24.1. The molecule has 1 amide bonds. The number of anilines is 1. The van der Waals surface area contributed by atoms with Gasteiger partial charge in [0.05, 0.1) is 17.9 Å². The summed E-state index contributed by atoms with van der Waals surface area (Å²) in [5.41, 5.74) is 3.40. The summed E-state index contributed by atoms with van der Waals surface area (Å²) < 4.78 is 11.1. The van der Waals surface area contributed by atoms with Gasteiger partial charge in [-0.05, 0) is 84.5 Å². The molecule has 0 bridgehead atoms. The van der Waals surface area contributed by atoms with Gasteiger partial charge in [-0.3, -0.25) is 4.79 Å². The molecular weight excluding hydrogens is 555 g/mol. The Balaban J connectivity index is 0.00000370. The number of carboxylic acids is 1. The van der Waals surface area contributed by atoms with Gasteiger partial charge in [0.15, 0.2) is 5.76 Å². The fourth-order valence-corrected chi connectivity index (χ4v) is 4.77. The minimum absolute atomic E-state index is 0. The molecule has 1 aromatic heterocycles. The highest BCUT2D eigenvalue weighted by molar-refractivity contribution is 6.30. The van der Waals surface area contributed by atoms with Crippen molar-refractivity contribution in [2.45, 2.75) is 31.4 Å². The molecule has 1 aliphatic carbocycles. The first-order chi connectivity index (χ1) is 18.8. The van der Waals surface area contributed by atoms with E-state index < -0.39 is 18.0 Å². The van der Waals surface area contributed by atoms with E-state index in [1.807, 2.05) is 30.3 Å². The topological polar surface area (TPSA) is 121 Å². The Morgan fingerprint density at radius 2 is 1.82 bits per heavy atom. The van der Waals surface area contributed by atoms with E-state index in [9.17, 15) is 19.8 Å². The molecule has 1 heterocycles. The zero-order valence-electron chi connectivity index (χ0n) is 21.3. The number of carbonyl (C=O) groups excluding carboxylic acids is 1. The minimum Gasteiger partial charge on any atom is -0.478 e. The van der Waals surface area contributed by atoms with Crippen LogP contribution in [0.5, 0.6) is 11.5 Å². The Bertz CT molecular complexity index is 1470. The molecule has 8 nitrogen and oxygen atoms in total. The van der Waals surface area contributed by atoms with Crippen molar-refractivity contribution in [3.8, 4) is 11.5 Å². The molecule has 0 saturated heterocycles. The number of furan rings is 1. The molecule has 4 aromatic rings. The van der Waals surface area contributed by atoms with Crippen molar-refractivity contribution >= 4 is 41.6 Å². The van der Waals surface area contributed by atoms with E-state index in [0.29, 0.717) is 17.3 Å². The van der Waals surface area contributed by atoms with Crippen LogP contribution in [-0.2, 0) is 12.8 Å². The van der Waals surface area contributed by atoms with E-state index in [2.05, 4.69) is 10.6 Å². The molecule has 2 atom stereocenters. The second kappa shape index (κ2) is 13.0. The molecule has 5 rings (SSSR count). The Morgan fingerprint density at radius 1 is 1.02 bits per heavy atom. The summed E-state index contributed by atoms with van der Waals surface area (Å²) in [6.45, 7) is 0.423. The summed E-state index contributed by atoms with van der Waals surface area (Å²) in [5.74, 6) is -0.699. The number of hydrogen-bond acceptors (Lipinski definition) is 6. The maximum Gasteiger partial charge on any atom is 0.335 e. The number of aliphatic hydroxyl groups excluding tert-OH is 1. The Hall–Kier alpha value is -3.82. The van der Waals surface area contributed by atoms with E-state index >= 15 is 0 Å². The number of hydrogen-bond donors (Lipinski definition) is 4. The van der Waals surface area contributed by atoms with E-state index in [0.717, 1.165) is 30.4 Å². The van der Waals surface area contributed by atoms with Crippen molar-refractivity contribution in [2.75, 3.05) is 11.9 Å². The number of benzene rings is 3. The third kappa shape index (κ3) is 7.22. The highest BCUT2D eigenvalue weighted by Crippen LogP contribution is 2.31. The largest absolute Gasteiger partial charge is 0.478 e. The number of carbonyl (C=O) groups is 2. The molecular formula is C30H28Cl2N2O6. The van der Waals surface area contributed by atoms with Crippen molar-refractivity contribution in [1.29, 1.82) is 0 Å². The standard InChI is InChI=1S/C30H27ClN2O6.ClH/c31-22-7-3-19(4-8-22)27(34)17-32-23-9-5-18-6-10-25(14-20(18)12-23)39-26-15-21(30(36)37)13-24(16-26)33-29(35)28-2-1-11-38-28;/h1-4,6-8,10-11,13-16,23,27,32,34H,5,9,12,17H2,(H,33,35)(H,36,37);1H/t23-,27+;/m0./s1. The summed E-state index contributed by atoms with van der Waals surface area (Å²) >= 11 is 5.94. The zero-order valence-corrected chi connectivity index (χ0v) is 22.9. The number of aryl methyl sites for hydroxylation is 1. The van der Waals surface area contributed by atoms with Crippen LogP contribution in [0.2, 0.25) is 5.02 Å². The lowest BCUT2D eigenvalue weighted by Crippen LogP contribution is -2.37. The van der Waals surface area contributed by atoms with Crippen LogP contribution in [0.4, 0.5) is 5.69 Å². The summed E-state index contributed by atoms with van der Waals surface area (Å²) in [6.07, 6.45) is 3.35. The van der Waals surface area contributed by atoms with Crippen molar-refractivity contribution < 1.29 is 29.0 Å². The van der Waals surface area contributed by atoms with Crippen molar-refractivity contribution in [3.63, 3.8) is 0 Å². The molecule has 0 spiro atoms. The van der Waals surface area contributed by atoms with Crippen LogP contribution < -0.4 is 15.4 Å². The number of aliphatic hydroxyl groups is 1. The van der Waals surface area contributed by atoms with Crippen LogP contribution >= 0.6 is 24.0 Å². The van der Waals surface area contributed by atoms with Gasteiger partial charge >= 0.3 is 5.97 Å². The molecule has 0 radical (unpaired) electrons. The lowest BCUT2D eigenvalue weighted by molar-refractivity contribution is 0.0696. The monoisotopic (exact) mass is 582 g/mol. The summed E-state index contributed by atoms with van der Waals surface area (Å²) in [5, 5.41) is 26.8. The lowest BCUT2D eigenvalue weighted by Gasteiger charge is -2.27. The molecule has 4 N–H and O–H groups in total. The summed E-state index contributed by atoms with van der Waals surface area (Å²) in [6, 6.07) is 20.6. The van der Waals surface area contributed by atoms with Crippen LogP contribution in [0.25, 0.3) is 0 Å². The molecule has 0 aliphatic heterocycles. The molecule has 3 aromatic carbocycles. The number of rotatable bonds is 9. The molecule has 0 fully saturated rings. The lowest BCUT2D eigenvalue weighted by atomic mass is 9.88. The first-order valence-electron chi connectivity index (χ1n) is 12.5. The SMILES string of the molecule is Cl.O=C(O)c1cc(NC(=O)c2ccco2)cc(Oc2ccc3c(c2)C[C@@H](NC[C@@H](O)c2ccc(Cl)cc2)CC3)c1. The van der Waals surface area contributed by atoms with Crippen LogP contribution in [0.15, 0.2) is 83.5 Å². The number of amides is 1. The van der Waals surface area contributed by atoms with Gasteiger partial charge in [-0.2, -0.15) is 0 Å². The minimum atomic E-state index is -1.14. The van der Waals surface area contributed by atoms with Gasteiger partial charge in [0.25, 0.3) is 5.91 Å². The summed E-state index contributed by atoms with van der Waals surface area (Å²) in [7, 11) is 0. The molecule has 0 saturated carbocycles. The molecule has 208 valence electrons. The quantitative estimate of drug-likeness (QED) is 0.183. The smallest absolute Gasteiger partial charge is 0.335 e. The molecule has 1 aliphatic rings. The van der Waals surface area contributed by atoms with E-state index in [1.54, 1.807) is 24.3 Å². The maximum absolute atomic E-state index is 12.4. The molecule has 0 unspecified atom stereocenters. The first-order valence-corrected chi connectivity index (χ1v) is 12.9. The normalized spacial score (nSPS) is 14.9. The Morgan fingerprint density at radius 3 is 2.55 bits per heavy atom. The van der Waals surface area contributed by atoms with E-state index in [-0.39, 0.29) is 41.2 Å². The number of carboxylic acid groups (broad SMARTS) is 1. The van der Waals surface area contributed by atoms with E-state index in [1.165, 1.54) is 30.0 Å². The van der Waals surface area contributed by atoms with E-state index in [4.69, 9.17) is 20.8 Å². The highest BCUT2D eigenvalue weighted by Gasteiger charge is 2.21. The first kappa shape index (κ1) is 29.2. The third-order valence-electron chi connectivity index (χ3n) is 6.65. The fourth-order valence-electron chi connectivity index (χ4n) is 4.64. The van der Waals surface area contributed by atoms with Crippen LogP contribution in [0.3, 0.4) is 0 Å². The Kier molecular flexibility index (Phi) is 9.50. The van der Waals surface area contributed by atoms with Crippen molar-refractivity contribution in [1.82, 2.24) is 5.32 Å². The van der Waals surface area contributed by atoms with Gasteiger partial charge in [-0.15, -0.1) is 12.4 Å². The second-order valence-electron chi connectivity index (χ2n) is 9.43. The second-order valence-corrected chi connectivity index (χ2v) is 9.87. The zero-order chi connectivity index (χ0) is 27.4. The van der Waals surface area contributed by atoms with Crippen LogP contribution in [0.1, 0.15) is 50.1 Å². The number of fused-ring (bicyclic) bond motifs is 1. The Labute approximate surface area is 242 Å². The fraction of sp³-hybridized carbons (Fsp3) is 0.200. The number of halogens is 2. The number of ether oxygens (including phenoxy) is 1. The highest BCUT2D eigenvalue weighted by atomic mass is 35.5. The molecule has 10 heteroatoms. The van der Waals surface area contributed by atoms with Crippen molar-refractivity contribution in [2.24, 2.45) is 0 Å². The number of nitrogens with one attached hydrogen (secondary N) is 2. The predicted octanol–water partition coefficient (Wildman–Crippen LogP) is 6.28. The molecule has 40 heavy (non-hydrogen) atoms. The van der Waals surface area contributed by atoms with Crippen LogP contribution in [-0.4, -0.2) is 34.7 Å². The van der Waals surface area contributed by atoms with Gasteiger partial charge in [-0.25, -0.2) is 4.79 Å². The van der Waals surface area contributed by atoms with Crippen LogP contribution in [0, 0.1) is 0 Å². The average molecular weight is 583 g/mol.